The number of anilines is 1. The normalized spacial score (nSPS) is 12.6. The topological polar surface area (TPSA) is 48.3 Å². The molecule has 0 bridgehead atoms. The van der Waals surface area contributed by atoms with Crippen molar-refractivity contribution < 1.29 is 9.47 Å². The van der Waals surface area contributed by atoms with Crippen molar-refractivity contribution in [1.82, 2.24) is 9.55 Å². The summed E-state index contributed by atoms with van der Waals surface area (Å²) in [5.74, 6) is 0.909. The predicted molar refractivity (Wildman–Crippen MR) is 68.4 cm³/mol. The Hall–Kier alpha value is -1.07. The molecular weight excluding hydrogens is 218 g/mol. The molecule has 0 saturated carbocycles. The number of rotatable bonds is 9. The Morgan fingerprint density at radius 3 is 2.88 bits per heavy atom. The monoisotopic (exact) mass is 241 g/mol. The highest BCUT2D eigenvalue weighted by Gasteiger charge is 2.08. The van der Waals surface area contributed by atoms with Gasteiger partial charge in [0.05, 0.1) is 12.6 Å². The van der Waals surface area contributed by atoms with E-state index in [-0.39, 0.29) is 0 Å². The first-order valence-corrected chi connectivity index (χ1v) is 6.04. The van der Waals surface area contributed by atoms with E-state index >= 15 is 0 Å². The van der Waals surface area contributed by atoms with Gasteiger partial charge in [0.15, 0.2) is 0 Å². The lowest BCUT2D eigenvalue weighted by atomic mass is 10.3. The zero-order valence-corrected chi connectivity index (χ0v) is 11.0. The van der Waals surface area contributed by atoms with Gasteiger partial charge in [-0.15, -0.1) is 0 Å². The first-order chi connectivity index (χ1) is 8.29. The van der Waals surface area contributed by atoms with Gasteiger partial charge >= 0.3 is 0 Å². The Morgan fingerprint density at radius 1 is 1.35 bits per heavy atom. The second kappa shape index (κ2) is 8.08. The van der Waals surface area contributed by atoms with E-state index in [2.05, 4.69) is 21.8 Å². The highest BCUT2D eigenvalue weighted by atomic mass is 16.5. The number of imidazole rings is 1. The van der Waals surface area contributed by atoms with Crippen molar-refractivity contribution in [3.05, 3.63) is 12.4 Å². The van der Waals surface area contributed by atoms with Crippen LogP contribution in [0.5, 0.6) is 0 Å². The Balaban J connectivity index is 2.35. The van der Waals surface area contributed by atoms with Crippen molar-refractivity contribution in [1.29, 1.82) is 0 Å². The maximum absolute atomic E-state index is 5.15. The van der Waals surface area contributed by atoms with Crippen LogP contribution in [0.2, 0.25) is 0 Å². The van der Waals surface area contributed by atoms with Gasteiger partial charge in [-0.05, 0) is 19.8 Å². The van der Waals surface area contributed by atoms with Gasteiger partial charge in [0.25, 0.3) is 0 Å². The van der Waals surface area contributed by atoms with E-state index in [4.69, 9.17) is 9.47 Å². The Labute approximate surface area is 103 Å². The fraction of sp³-hybridized carbons (Fsp3) is 0.750. The van der Waals surface area contributed by atoms with Crippen LogP contribution in [0, 0.1) is 0 Å². The van der Waals surface area contributed by atoms with Gasteiger partial charge in [0, 0.05) is 39.8 Å². The van der Waals surface area contributed by atoms with E-state index in [1.54, 1.807) is 14.2 Å². The predicted octanol–water partition coefficient (Wildman–Crippen LogP) is 1.93. The summed E-state index contributed by atoms with van der Waals surface area (Å²) in [5, 5.41) is 3.33. The minimum atomic E-state index is 0.295. The number of ether oxygens (including phenoxy) is 2. The standard InChI is InChI=1S/C12H23N3O2/c1-11(10-17-3)15-8-7-14-12(15)13-6-4-5-9-16-2/h7-8,11H,4-6,9-10H2,1-3H3,(H,13,14). The molecule has 17 heavy (non-hydrogen) atoms. The molecule has 0 saturated heterocycles. The van der Waals surface area contributed by atoms with E-state index in [0.29, 0.717) is 12.6 Å². The van der Waals surface area contributed by atoms with Crippen LogP contribution >= 0.6 is 0 Å². The van der Waals surface area contributed by atoms with Crippen LogP contribution in [0.3, 0.4) is 0 Å². The number of methoxy groups -OCH3 is 2. The molecule has 0 fully saturated rings. The molecule has 1 unspecified atom stereocenters. The lowest BCUT2D eigenvalue weighted by molar-refractivity contribution is 0.163. The van der Waals surface area contributed by atoms with Crippen molar-refractivity contribution >= 4 is 5.95 Å². The highest BCUT2D eigenvalue weighted by molar-refractivity contribution is 5.26. The molecule has 1 atom stereocenters. The van der Waals surface area contributed by atoms with Crippen molar-refractivity contribution in [3.63, 3.8) is 0 Å². The van der Waals surface area contributed by atoms with Gasteiger partial charge in [-0.2, -0.15) is 0 Å². The Bertz CT molecular complexity index is 302. The number of nitrogens with zero attached hydrogens (tertiary/aromatic N) is 2. The summed E-state index contributed by atoms with van der Waals surface area (Å²) in [5.41, 5.74) is 0. The zero-order valence-electron chi connectivity index (χ0n) is 11.0. The largest absolute Gasteiger partial charge is 0.385 e. The summed E-state index contributed by atoms with van der Waals surface area (Å²) in [7, 11) is 3.44. The minimum absolute atomic E-state index is 0.295. The van der Waals surface area contributed by atoms with Gasteiger partial charge in [-0.3, -0.25) is 0 Å². The van der Waals surface area contributed by atoms with Crippen molar-refractivity contribution in [3.8, 4) is 0 Å². The van der Waals surface area contributed by atoms with Gasteiger partial charge in [0.1, 0.15) is 0 Å². The first-order valence-electron chi connectivity index (χ1n) is 6.04. The van der Waals surface area contributed by atoms with E-state index in [1.165, 1.54) is 0 Å². The molecule has 5 nitrogen and oxygen atoms in total. The van der Waals surface area contributed by atoms with Crippen LogP contribution in [0.25, 0.3) is 0 Å². The molecule has 1 aromatic rings. The summed E-state index contributed by atoms with van der Waals surface area (Å²) >= 11 is 0. The number of aromatic nitrogens is 2. The number of hydrogen-bond donors (Lipinski definition) is 1. The molecule has 5 heteroatoms. The average Bonchev–Trinajstić information content (AvgIpc) is 2.77. The lowest BCUT2D eigenvalue weighted by Gasteiger charge is -2.16. The SMILES string of the molecule is COCCCCNc1nccn1C(C)COC. The molecule has 0 amide bonds. The highest BCUT2D eigenvalue weighted by Crippen LogP contribution is 2.13. The molecule has 1 N–H and O–H groups in total. The lowest BCUT2D eigenvalue weighted by Crippen LogP contribution is -2.15. The molecule has 0 aromatic carbocycles. The zero-order chi connectivity index (χ0) is 12.5. The van der Waals surface area contributed by atoms with Crippen LogP contribution in [-0.4, -0.2) is 43.5 Å². The molecule has 1 heterocycles. The summed E-state index contributed by atoms with van der Waals surface area (Å²) < 4.78 is 12.3. The molecule has 0 aliphatic rings. The molecule has 1 aromatic heterocycles. The molecule has 0 aliphatic heterocycles. The summed E-state index contributed by atoms with van der Waals surface area (Å²) in [4.78, 5) is 4.30. The Morgan fingerprint density at radius 2 is 2.18 bits per heavy atom. The quantitative estimate of drug-likeness (QED) is 0.671. The third-order valence-corrected chi connectivity index (χ3v) is 2.61. The van der Waals surface area contributed by atoms with Crippen molar-refractivity contribution in [2.24, 2.45) is 0 Å². The summed E-state index contributed by atoms with van der Waals surface area (Å²) in [6.45, 7) is 4.53. The first kappa shape index (κ1) is 14.0. The van der Waals surface area contributed by atoms with Crippen LogP contribution < -0.4 is 5.32 Å². The van der Waals surface area contributed by atoms with Gasteiger partial charge in [-0.1, -0.05) is 0 Å². The maximum atomic E-state index is 5.15. The fourth-order valence-electron chi connectivity index (χ4n) is 1.70. The van der Waals surface area contributed by atoms with E-state index in [9.17, 15) is 0 Å². The molecule has 0 spiro atoms. The van der Waals surface area contributed by atoms with Gasteiger partial charge in [-0.25, -0.2) is 4.98 Å². The van der Waals surface area contributed by atoms with Gasteiger partial charge < -0.3 is 19.4 Å². The molecule has 0 radical (unpaired) electrons. The molecule has 1 rings (SSSR count). The van der Waals surface area contributed by atoms with Crippen LogP contribution in [-0.2, 0) is 9.47 Å². The van der Waals surface area contributed by atoms with Crippen LogP contribution in [0.1, 0.15) is 25.8 Å². The molecule has 98 valence electrons. The third kappa shape index (κ3) is 4.75. The number of unbranched alkanes of at least 4 members (excludes halogenated alkanes) is 1. The minimum Gasteiger partial charge on any atom is -0.385 e. The van der Waals surface area contributed by atoms with E-state index in [0.717, 1.165) is 31.9 Å². The fourth-order valence-corrected chi connectivity index (χ4v) is 1.70. The Kier molecular flexibility index (Phi) is 6.65. The molecular formula is C12H23N3O2. The third-order valence-electron chi connectivity index (χ3n) is 2.61. The summed E-state index contributed by atoms with van der Waals surface area (Å²) in [6.07, 6.45) is 5.93. The van der Waals surface area contributed by atoms with Gasteiger partial charge in [0.2, 0.25) is 5.95 Å². The number of hydrogen-bond acceptors (Lipinski definition) is 4. The van der Waals surface area contributed by atoms with Crippen LogP contribution in [0.4, 0.5) is 5.95 Å². The molecule has 0 aliphatic carbocycles. The van der Waals surface area contributed by atoms with Crippen molar-refractivity contribution in [2.45, 2.75) is 25.8 Å². The second-order valence-electron chi connectivity index (χ2n) is 4.09. The van der Waals surface area contributed by atoms with Crippen molar-refractivity contribution in [2.75, 3.05) is 39.3 Å². The smallest absolute Gasteiger partial charge is 0.203 e. The van der Waals surface area contributed by atoms with E-state index < -0.39 is 0 Å². The summed E-state index contributed by atoms with van der Waals surface area (Å²) in [6, 6.07) is 0.295. The average molecular weight is 241 g/mol. The number of nitrogens with one attached hydrogen (secondary N) is 1. The maximum Gasteiger partial charge on any atom is 0.203 e. The van der Waals surface area contributed by atoms with Crippen LogP contribution in [0.15, 0.2) is 12.4 Å². The second-order valence-corrected chi connectivity index (χ2v) is 4.09. The van der Waals surface area contributed by atoms with E-state index in [1.807, 2.05) is 12.4 Å².